The summed E-state index contributed by atoms with van der Waals surface area (Å²) in [6.45, 7) is 3.58. The lowest BCUT2D eigenvalue weighted by atomic mass is 10.0. The van der Waals surface area contributed by atoms with Gasteiger partial charge in [-0.05, 0) is 43.2 Å². The molecule has 2 rings (SSSR count). The molecule has 0 bridgehead atoms. The first-order valence-corrected chi connectivity index (χ1v) is 6.13. The lowest BCUT2D eigenvalue weighted by molar-refractivity contribution is -0.123. The largest absolute Gasteiger partial charge is 0.481 e. The third-order valence-electron chi connectivity index (χ3n) is 3.00. The van der Waals surface area contributed by atoms with Gasteiger partial charge in [0.05, 0.1) is 0 Å². The van der Waals surface area contributed by atoms with E-state index in [0.717, 1.165) is 19.5 Å². The van der Waals surface area contributed by atoms with Crippen molar-refractivity contribution in [1.29, 1.82) is 0 Å². The van der Waals surface area contributed by atoms with Crippen molar-refractivity contribution in [2.45, 2.75) is 19.4 Å². The Morgan fingerprint density at radius 2 is 2.11 bits per heavy atom. The van der Waals surface area contributed by atoms with E-state index in [1.807, 2.05) is 24.3 Å². The van der Waals surface area contributed by atoms with Gasteiger partial charge in [0.1, 0.15) is 5.75 Å². The molecule has 1 heterocycles. The van der Waals surface area contributed by atoms with Crippen molar-refractivity contribution in [3.05, 3.63) is 35.9 Å². The van der Waals surface area contributed by atoms with Gasteiger partial charge in [-0.1, -0.05) is 18.2 Å². The van der Waals surface area contributed by atoms with E-state index in [0.29, 0.717) is 5.75 Å². The van der Waals surface area contributed by atoms with Crippen molar-refractivity contribution in [2.24, 2.45) is 5.73 Å². The van der Waals surface area contributed by atoms with Gasteiger partial charge in [-0.3, -0.25) is 4.79 Å². The monoisotopic (exact) mass is 246 g/mol. The summed E-state index contributed by atoms with van der Waals surface area (Å²) in [5.74, 6) is 0.208. The number of hydrogen-bond acceptors (Lipinski definition) is 3. The molecular weight excluding hydrogens is 228 g/mol. The van der Waals surface area contributed by atoms with Crippen LogP contribution in [0.15, 0.2) is 30.3 Å². The van der Waals surface area contributed by atoms with Gasteiger partial charge in [-0.2, -0.15) is 0 Å². The van der Waals surface area contributed by atoms with Gasteiger partial charge in [0.2, 0.25) is 0 Å². The highest BCUT2D eigenvalue weighted by Gasteiger charge is 2.10. The molecule has 1 atom stereocenters. The Morgan fingerprint density at radius 3 is 2.67 bits per heavy atom. The van der Waals surface area contributed by atoms with Crippen LogP contribution in [-0.4, -0.2) is 25.1 Å². The molecule has 1 aliphatic rings. The number of nitrogens with one attached hydrogen (secondary N) is 1. The SMILES string of the molecule is CC(Oc1ccc(C2=CCNCC2)cc1)C(N)=O. The quantitative estimate of drug-likeness (QED) is 0.842. The summed E-state index contributed by atoms with van der Waals surface area (Å²) in [5, 5.41) is 3.28. The third kappa shape index (κ3) is 3.11. The molecule has 4 heteroatoms. The number of amides is 1. The summed E-state index contributed by atoms with van der Waals surface area (Å²) < 4.78 is 5.41. The lowest BCUT2D eigenvalue weighted by Crippen LogP contribution is -2.30. The number of primary amides is 1. The van der Waals surface area contributed by atoms with E-state index in [2.05, 4.69) is 11.4 Å². The van der Waals surface area contributed by atoms with E-state index in [1.54, 1.807) is 6.92 Å². The van der Waals surface area contributed by atoms with Gasteiger partial charge in [-0.15, -0.1) is 0 Å². The van der Waals surface area contributed by atoms with Crippen LogP contribution in [0.2, 0.25) is 0 Å². The minimum atomic E-state index is -0.603. The van der Waals surface area contributed by atoms with Crippen LogP contribution < -0.4 is 15.8 Å². The first kappa shape index (κ1) is 12.6. The van der Waals surface area contributed by atoms with Crippen molar-refractivity contribution in [3.8, 4) is 5.75 Å². The van der Waals surface area contributed by atoms with Gasteiger partial charge in [-0.25, -0.2) is 0 Å². The second-order valence-corrected chi connectivity index (χ2v) is 4.37. The van der Waals surface area contributed by atoms with Crippen molar-refractivity contribution >= 4 is 11.5 Å². The van der Waals surface area contributed by atoms with Crippen LogP contribution in [0.3, 0.4) is 0 Å². The van der Waals surface area contributed by atoms with E-state index in [-0.39, 0.29) is 0 Å². The van der Waals surface area contributed by atoms with Crippen molar-refractivity contribution in [3.63, 3.8) is 0 Å². The molecule has 1 aliphatic heterocycles. The molecule has 0 fully saturated rings. The first-order valence-electron chi connectivity index (χ1n) is 6.13. The molecule has 0 saturated heterocycles. The van der Waals surface area contributed by atoms with Gasteiger partial charge >= 0.3 is 0 Å². The molecule has 1 aromatic carbocycles. The van der Waals surface area contributed by atoms with Crippen LogP contribution in [0.4, 0.5) is 0 Å². The van der Waals surface area contributed by atoms with E-state index in [4.69, 9.17) is 10.5 Å². The second kappa shape index (κ2) is 5.69. The molecule has 96 valence electrons. The molecule has 1 amide bonds. The number of ether oxygens (including phenoxy) is 1. The molecule has 0 saturated carbocycles. The van der Waals surface area contributed by atoms with Gasteiger partial charge < -0.3 is 15.8 Å². The Kier molecular flexibility index (Phi) is 3.99. The molecule has 0 aromatic heterocycles. The summed E-state index contributed by atoms with van der Waals surface area (Å²) >= 11 is 0. The zero-order valence-corrected chi connectivity index (χ0v) is 10.5. The highest BCUT2D eigenvalue weighted by Crippen LogP contribution is 2.22. The average molecular weight is 246 g/mol. The van der Waals surface area contributed by atoms with Crippen LogP contribution in [0.25, 0.3) is 5.57 Å². The topological polar surface area (TPSA) is 64.3 Å². The van der Waals surface area contributed by atoms with Crippen molar-refractivity contribution in [1.82, 2.24) is 5.32 Å². The van der Waals surface area contributed by atoms with Crippen molar-refractivity contribution in [2.75, 3.05) is 13.1 Å². The Morgan fingerprint density at radius 1 is 1.39 bits per heavy atom. The zero-order valence-electron chi connectivity index (χ0n) is 10.5. The minimum Gasteiger partial charge on any atom is -0.481 e. The van der Waals surface area contributed by atoms with Crippen LogP contribution in [0.1, 0.15) is 18.9 Å². The number of carbonyl (C=O) groups is 1. The molecule has 0 radical (unpaired) electrons. The number of benzene rings is 1. The molecule has 3 N–H and O–H groups in total. The van der Waals surface area contributed by atoms with Crippen LogP contribution in [0.5, 0.6) is 5.75 Å². The number of rotatable bonds is 4. The van der Waals surface area contributed by atoms with E-state index in [1.165, 1.54) is 11.1 Å². The molecule has 18 heavy (non-hydrogen) atoms. The fraction of sp³-hybridized carbons (Fsp3) is 0.357. The summed E-state index contributed by atoms with van der Waals surface area (Å²) in [5.41, 5.74) is 7.71. The zero-order chi connectivity index (χ0) is 13.0. The predicted molar refractivity (Wildman–Crippen MR) is 71.2 cm³/mol. The fourth-order valence-electron chi connectivity index (χ4n) is 1.89. The summed E-state index contributed by atoms with van der Waals surface area (Å²) in [7, 11) is 0. The molecule has 0 aliphatic carbocycles. The van der Waals surface area contributed by atoms with E-state index >= 15 is 0 Å². The Hall–Kier alpha value is -1.81. The molecular formula is C14H18N2O2. The van der Waals surface area contributed by atoms with Gasteiger partial charge in [0.15, 0.2) is 6.10 Å². The third-order valence-corrected chi connectivity index (χ3v) is 3.00. The van der Waals surface area contributed by atoms with Crippen LogP contribution in [0, 0.1) is 0 Å². The molecule has 1 aromatic rings. The highest BCUT2D eigenvalue weighted by molar-refractivity contribution is 5.78. The van der Waals surface area contributed by atoms with Crippen LogP contribution >= 0.6 is 0 Å². The first-order chi connectivity index (χ1) is 8.66. The maximum absolute atomic E-state index is 10.9. The summed E-state index contributed by atoms with van der Waals surface area (Å²) in [6.07, 6.45) is 2.64. The Balaban J connectivity index is 2.05. The Bertz CT molecular complexity index is 451. The average Bonchev–Trinajstić information content (AvgIpc) is 2.40. The minimum absolute atomic E-state index is 0.458. The maximum Gasteiger partial charge on any atom is 0.258 e. The number of nitrogens with two attached hydrogens (primary N) is 1. The van der Waals surface area contributed by atoms with E-state index in [9.17, 15) is 4.79 Å². The number of hydrogen-bond donors (Lipinski definition) is 2. The molecule has 1 unspecified atom stereocenters. The predicted octanol–water partition coefficient (Wildman–Crippen LogP) is 1.32. The highest BCUT2D eigenvalue weighted by atomic mass is 16.5. The molecule has 0 spiro atoms. The second-order valence-electron chi connectivity index (χ2n) is 4.37. The lowest BCUT2D eigenvalue weighted by Gasteiger charge is -2.15. The van der Waals surface area contributed by atoms with Gasteiger partial charge in [0.25, 0.3) is 5.91 Å². The van der Waals surface area contributed by atoms with Crippen molar-refractivity contribution < 1.29 is 9.53 Å². The van der Waals surface area contributed by atoms with Crippen LogP contribution in [-0.2, 0) is 4.79 Å². The smallest absolute Gasteiger partial charge is 0.258 e. The Labute approximate surface area is 107 Å². The standard InChI is InChI=1S/C14H18N2O2/c1-10(14(15)17)18-13-4-2-11(3-5-13)12-6-8-16-9-7-12/h2-6,10,16H,7-9H2,1H3,(H2,15,17). The fourth-order valence-corrected chi connectivity index (χ4v) is 1.89. The summed E-state index contributed by atoms with van der Waals surface area (Å²) in [4.78, 5) is 10.9. The summed E-state index contributed by atoms with van der Waals surface area (Å²) in [6, 6.07) is 7.77. The van der Waals surface area contributed by atoms with Gasteiger partial charge in [0, 0.05) is 6.54 Å². The molecule has 4 nitrogen and oxygen atoms in total. The van der Waals surface area contributed by atoms with E-state index < -0.39 is 12.0 Å². The normalized spacial score (nSPS) is 16.8. The maximum atomic E-state index is 10.9. The number of carbonyl (C=O) groups excluding carboxylic acids is 1.